The molecule has 0 spiro atoms. The molecule has 0 bridgehead atoms. The van der Waals surface area contributed by atoms with E-state index in [9.17, 15) is 19.1 Å². The number of hydrogen-bond acceptors (Lipinski definition) is 4. The summed E-state index contributed by atoms with van der Waals surface area (Å²) in [7, 11) is 0. The highest BCUT2D eigenvalue weighted by molar-refractivity contribution is 6.30. The molecule has 1 atom stereocenters. The van der Waals surface area contributed by atoms with Gasteiger partial charge in [0.15, 0.2) is 11.6 Å². The number of carbonyl (C=O) groups excluding carboxylic acids is 2. The lowest BCUT2D eigenvalue weighted by atomic mass is 9.75. The number of rotatable bonds is 4. The second-order valence-corrected chi connectivity index (χ2v) is 8.16. The fourth-order valence-corrected chi connectivity index (χ4v) is 4.10. The van der Waals surface area contributed by atoms with Gasteiger partial charge in [0.25, 0.3) is 5.91 Å². The Labute approximate surface area is 172 Å². The highest BCUT2D eigenvalue weighted by Crippen LogP contribution is 2.37. The number of aromatic nitrogens is 1. The van der Waals surface area contributed by atoms with E-state index in [1.165, 1.54) is 17.2 Å². The number of hydrogen-bond donors (Lipinski definition) is 1. The van der Waals surface area contributed by atoms with Crippen molar-refractivity contribution in [1.82, 2.24) is 9.88 Å². The van der Waals surface area contributed by atoms with Gasteiger partial charge in [-0.05, 0) is 55.0 Å². The Bertz CT molecular complexity index is 947. The van der Waals surface area contributed by atoms with Gasteiger partial charge in [0.2, 0.25) is 5.91 Å². The molecule has 6 nitrogen and oxygen atoms in total. The smallest absolute Gasteiger partial charge is 0.251 e. The molecule has 0 radical (unpaired) electrons. The number of pyridine rings is 1. The third kappa shape index (κ3) is 3.84. The Balaban J connectivity index is 1.65. The Morgan fingerprint density at radius 2 is 1.93 bits per heavy atom. The highest BCUT2D eigenvalue weighted by atomic mass is 35.5. The summed E-state index contributed by atoms with van der Waals surface area (Å²) in [5.41, 5.74) is 1.47. The molecule has 1 saturated heterocycles. The topological polar surface area (TPSA) is 73.7 Å². The fourth-order valence-electron chi connectivity index (χ4n) is 3.97. The second-order valence-electron chi connectivity index (χ2n) is 7.72. The van der Waals surface area contributed by atoms with Crippen molar-refractivity contribution in [3.05, 3.63) is 58.5 Å². The Morgan fingerprint density at radius 3 is 2.55 bits per heavy atom. The third-order valence-corrected chi connectivity index (χ3v) is 5.80. The van der Waals surface area contributed by atoms with E-state index in [0.29, 0.717) is 23.4 Å². The minimum absolute atomic E-state index is 0.134. The van der Waals surface area contributed by atoms with Crippen LogP contribution in [0, 0.1) is 18.7 Å². The molecule has 152 valence electrons. The zero-order valence-electron chi connectivity index (χ0n) is 15.9. The van der Waals surface area contributed by atoms with Gasteiger partial charge in [-0.1, -0.05) is 23.7 Å². The van der Waals surface area contributed by atoms with Crippen LogP contribution < -0.4 is 4.90 Å². The van der Waals surface area contributed by atoms with E-state index in [1.807, 2.05) is 0 Å². The van der Waals surface area contributed by atoms with Crippen LogP contribution in [0.1, 0.15) is 24.0 Å². The number of nitrogens with zero attached hydrogens (tertiary/aromatic N) is 3. The molecule has 2 fully saturated rings. The SMILES string of the molecule is Cc1cnc(N2CC(=O)N(Cc3ccc(Cl)cc3)C(C3CC(O)C3)C2=O)c(F)c1. The normalized spacial score (nSPS) is 24.6. The molecule has 4 rings (SSSR count). The van der Waals surface area contributed by atoms with Crippen LogP contribution in [0.4, 0.5) is 10.2 Å². The first-order chi connectivity index (χ1) is 13.8. The number of anilines is 1. The lowest BCUT2D eigenvalue weighted by Gasteiger charge is -2.47. The van der Waals surface area contributed by atoms with Crippen LogP contribution in [0.2, 0.25) is 5.02 Å². The molecule has 2 aliphatic rings. The zero-order valence-corrected chi connectivity index (χ0v) is 16.6. The van der Waals surface area contributed by atoms with Crippen molar-refractivity contribution in [1.29, 1.82) is 0 Å². The number of carbonyl (C=O) groups is 2. The van der Waals surface area contributed by atoms with Crippen LogP contribution >= 0.6 is 11.6 Å². The number of aryl methyl sites for hydroxylation is 1. The van der Waals surface area contributed by atoms with Gasteiger partial charge in [0.05, 0.1) is 6.10 Å². The quantitative estimate of drug-likeness (QED) is 0.830. The van der Waals surface area contributed by atoms with Crippen molar-refractivity contribution in [3.63, 3.8) is 0 Å². The van der Waals surface area contributed by atoms with Crippen LogP contribution in [-0.2, 0) is 16.1 Å². The molecule has 1 saturated carbocycles. The average Bonchev–Trinajstić information content (AvgIpc) is 2.65. The fraction of sp³-hybridized carbons (Fsp3) is 0.381. The standard InChI is InChI=1S/C21H21ClFN3O3/c1-12-6-17(23)20(24-9-12)26-11-18(28)25(10-13-2-4-15(22)5-3-13)19(21(26)29)14-7-16(27)8-14/h2-6,9,14,16,19,27H,7-8,10-11H2,1H3. The molecule has 2 aromatic rings. The van der Waals surface area contributed by atoms with Gasteiger partial charge < -0.3 is 10.0 Å². The summed E-state index contributed by atoms with van der Waals surface area (Å²) in [6, 6.07) is 7.60. The minimum atomic E-state index is -0.766. The van der Waals surface area contributed by atoms with E-state index in [4.69, 9.17) is 11.6 Å². The van der Waals surface area contributed by atoms with Crippen molar-refractivity contribution >= 4 is 29.2 Å². The molecule has 1 aliphatic carbocycles. The monoisotopic (exact) mass is 417 g/mol. The van der Waals surface area contributed by atoms with Gasteiger partial charge in [-0.25, -0.2) is 9.37 Å². The number of aliphatic hydroxyl groups excluding tert-OH is 1. The summed E-state index contributed by atoms with van der Waals surface area (Å²) in [4.78, 5) is 33.0. The van der Waals surface area contributed by atoms with E-state index >= 15 is 0 Å². The van der Waals surface area contributed by atoms with Crippen LogP contribution in [-0.4, -0.2) is 45.5 Å². The van der Waals surface area contributed by atoms with E-state index in [2.05, 4.69) is 4.98 Å². The highest BCUT2D eigenvalue weighted by Gasteiger charge is 2.48. The average molecular weight is 418 g/mol. The molecular weight excluding hydrogens is 397 g/mol. The van der Waals surface area contributed by atoms with Gasteiger partial charge in [0.1, 0.15) is 12.6 Å². The van der Waals surface area contributed by atoms with E-state index in [-0.39, 0.29) is 36.6 Å². The summed E-state index contributed by atoms with van der Waals surface area (Å²) < 4.78 is 14.5. The maximum Gasteiger partial charge on any atom is 0.251 e. The van der Waals surface area contributed by atoms with Gasteiger partial charge in [0, 0.05) is 17.8 Å². The molecule has 2 heterocycles. The van der Waals surface area contributed by atoms with Gasteiger partial charge >= 0.3 is 0 Å². The maximum absolute atomic E-state index is 14.5. The lowest BCUT2D eigenvalue weighted by Crippen LogP contribution is -2.64. The molecule has 8 heteroatoms. The van der Waals surface area contributed by atoms with Crippen LogP contribution in [0.25, 0.3) is 0 Å². The minimum Gasteiger partial charge on any atom is -0.393 e. The van der Waals surface area contributed by atoms with Crippen LogP contribution in [0.5, 0.6) is 0 Å². The molecule has 1 aromatic heterocycles. The van der Waals surface area contributed by atoms with Crippen molar-refractivity contribution < 1.29 is 19.1 Å². The van der Waals surface area contributed by atoms with Gasteiger partial charge in [-0.2, -0.15) is 0 Å². The predicted octanol–water partition coefficient (Wildman–Crippen LogP) is 2.70. The first kappa shape index (κ1) is 19.8. The first-order valence-electron chi connectivity index (χ1n) is 9.49. The second kappa shape index (κ2) is 7.72. The van der Waals surface area contributed by atoms with Crippen molar-refractivity contribution in [3.8, 4) is 0 Å². The molecule has 1 N–H and O–H groups in total. The molecule has 1 aliphatic heterocycles. The van der Waals surface area contributed by atoms with Crippen molar-refractivity contribution in [2.45, 2.75) is 38.5 Å². The number of halogens is 2. The number of amides is 2. The zero-order chi connectivity index (χ0) is 20.7. The summed E-state index contributed by atoms with van der Waals surface area (Å²) in [6.45, 7) is 1.68. The maximum atomic E-state index is 14.5. The van der Waals surface area contributed by atoms with Gasteiger partial charge in [-0.15, -0.1) is 0 Å². The summed E-state index contributed by atoms with van der Waals surface area (Å²) in [5.74, 6) is -1.60. The van der Waals surface area contributed by atoms with E-state index in [1.54, 1.807) is 31.2 Å². The van der Waals surface area contributed by atoms with E-state index in [0.717, 1.165) is 10.5 Å². The van der Waals surface area contributed by atoms with E-state index < -0.39 is 18.0 Å². The van der Waals surface area contributed by atoms with Gasteiger partial charge in [-0.3, -0.25) is 14.5 Å². The first-order valence-corrected chi connectivity index (χ1v) is 9.87. The van der Waals surface area contributed by atoms with Crippen molar-refractivity contribution in [2.75, 3.05) is 11.4 Å². The summed E-state index contributed by atoms with van der Waals surface area (Å²) >= 11 is 5.93. The molecular formula is C21H21ClFN3O3. The Hall–Kier alpha value is -2.51. The number of piperazine rings is 1. The molecule has 2 amide bonds. The lowest BCUT2D eigenvalue weighted by molar-refractivity contribution is -0.149. The molecule has 29 heavy (non-hydrogen) atoms. The summed E-state index contributed by atoms with van der Waals surface area (Å²) in [6.07, 6.45) is 1.85. The third-order valence-electron chi connectivity index (χ3n) is 5.55. The molecule has 1 aromatic carbocycles. The Kier molecular flexibility index (Phi) is 5.27. The number of aliphatic hydroxyl groups is 1. The van der Waals surface area contributed by atoms with Crippen LogP contribution in [0.3, 0.4) is 0 Å². The largest absolute Gasteiger partial charge is 0.393 e. The summed E-state index contributed by atoms with van der Waals surface area (Å²) in [5, 5.41) is 10.3. The Morgan fingerprint density at radius 1 is 1.24 bits per heavy atom. The predicted molar refractivity (Wildman–Crippen MR) is 106 cm³/mol. The van der Waals surface area contributed by atoms with Crippen molar-refractivity contribution in [2.24, 2.45) is 5.92 Å². The van der Waals surface area contributed by atoms with Crippen LogP contribution in [0.15, 0.2) is 36.5 Å². The molecule has 1 unspecified atom stereocenters. The number of benzene rings is 1.